The third kappa shape index (κ3) is 4.06. The summed E-state index contributed by atoms with van der Waals surface area (Å²) >= 11 is 0. The summed E-state index contributed by atoms with van der Waals surface area (Å²) in [6.07, 6.45) is 3.49. The Hall–Kier alpha value is -1.29. The molecule has 0 saturated carbocycles. The molecule has 1 rings (SSSR count). The molecule has 0 amide bonds. The van der Waals surface area contributed by atoms with Crippen LogP contribution in [-0.2, 0) is 11.3 Å². The fourth-order valence-corrected chi connectivity index (χ4v) is 1.49. The number of hydrogen-bond acceptors (Lipinski definition) is 3. The van der Waals surface area contributed by atoms with E-state index < -0.39 is 5.97 Å². The fraction of sp³-hybridized carbons (Fsp3) is 0.583. The van der Waals surface area contributed by atoms with E-state index in [4.69, 9.17) is 9.52 Å². The Morgan fingerprint density at radius 3 is 2.62 bits per heavy atom. The molecule has 4 heteroatoms. The van der Waals surface area contributed by atoms with Gasteiger partial charge in [-0.15, -0.1) is 0 Å². The van der Waals surface area contributed by atoms with E-state index in [0.717, 1.165) is 5.56 Å². The molecule has 0 aliphatic rings. The van der Waals surface area contributed by atoms with Crippen LogP contribution in [0.15, 0.2) is 23.0 Å². The SMILES string of the molecule is CC(C)(C)N(CCC(=O)O)Cc1ccoc1. The average Bonchev–Trinajstić information content (AvgIpc) is 2.62. The number of nitrogens with zero attached hydrogens (tertiary/aromatic N) is 1. The zero-order valence-corrected chi connectivity index (χ0v) is 10.1. The first-order chi connectivity index (χ1) is 7.39. The minimum absolute atomic E-state index is 0.0489. The molecule has 0 aliphatic heterocycles. The lowest BCUT2D eigenvalue weighted by Gasteiger charge is -2.35. The molecule has 0 atom stereocenters. The molecule has 0 unspecified atom stereocenters. The molecule has 0 bridgehead atoms. The van der Waals surface area contributed by atoms with Gasteiger partial charge in [-0.1, -0.05) is 0 Å². The first-order valence-corrected chi connectivity index (χ1v) is 5.37. The molecule has 0 fully saturated rings. The average molecular weight is 225 g/mol. The Labute approximate surface area is 95.9 Å². The third-order valence-electron chi connectivity index (χ3n) is 2.50. The highest BCUT2D eigenvalue weighted by molar-refractivity contribution is 5.66. The van der Waals surface area contributed by atoms with Gasteiger partial charge in [-0.3, -0.25) is 9.69 Å². The Kier molecular flexibility index (Phi) is 4.12. The van der Waals surface area contributed by atoms with Crippen molar-refractivity contribution in [2.24, 2.45) is 0 Å². The minimum Gasteiger partial charge on any atom is -0.481 e. The maximum atomic E-state index is 10.6. The molecule has 90 valence electrons. The molecular weight excluding hydrogens is 206 g/mol. The fourth-order valence-electron chi connectivity index (χ4n) is 1.49. The van der Waals surface area contributed by atoms with E-state index in [9.17, 15) is 4.79 Å². The van der Waals surface area contributed by atoms with Gasteiger partial charge in [0.05, 0.1) is 18.9 Å². The lowest BCUT2D eigenvalue weighted by molar-refractivity contribution is -0.137. The van der Waals surface area contributed by atoms with Crippen LogP contribution in [0, 0.1) is 0 Å². The Morgan fingerprint density at radius 1 is 1.50 bits per heavy atom. The predicted molar refractivity (Wildman–Crippen MR) is 61.1 cm³/mol. The van der Waals surface area contributed by atoms with Gasteiger partial charge in [0, 0.05) is 24.2 Å². The molecular formula is C12H19NO3. The molecule has 0 aliphatic carbocycles. The van der Waals surface area contributed by atoms with E-state index in [-0.39, 0.29) is 12.0 Å². The van der Waals surface area contributed by atoms with Gasteiger partial charge in [0.2, 0.25) is 0 Å². The summed E-state index contributed by atoms with van der Waals surface area (Å²) in [7, 11) is 0. The summed E-state index contributed by atoms with van der Waals surface area (Å²) < 4.78 is 5.01. The quantitative estimate of drug-likeness (QED) is 0.835. The smallest absolute Gasteiger partial charge is 0.304 e. The number of rotatable bonds is 5. The van der Waals surface area contributed by atoms with Crippen molar-refractivity contribution >= 4 is 5.97 Å². The number of carboxylic acid groups (broad SMARTS) is 1. The molecule has 1 aromatic heterocycles. The zero-order chi connectivity index (χ0) is 12.2. The monoisotopic (exact) mass is 225 g/mol. The van der Waals surface area contributed by atoms with E-state index in [1.807, 2.05) is 6.07 Å². The molecule has 1 N–H and O–H groups in total. The summed E-state index contributed by atoms with van der Waals surface area (Å²) in [5, 5.41) is 8.71. The van der Waals surface area contributed by atoms with Crippen molar-refractivity contribution in [2.75, 3.05) is 6.54 Å². The van der Waals surface area contributed by atoms with Crippen LogP contribution >= 0.6 is 0 Å². The molecule has 0 spiro atoms. The Bertz CT molecular complexity index is 325. The lowest BCUT2D eigenvalue weighted by atomic mass is 10.0. The first kappa shape index (κ1) is 12.8. The largest absolute Gasteiger partial charge is 0.481 e. The van der Waals surface area contributed by atoms with E-state index in [1.54, 1.807) is 12.5 Å². The molecule has 1 heterocycles. The summed E-state index contributed by atoms with van der Waals surface area (Å²) in [5.41, 5.74) is 1.02. The third-order valence-corrected chi connectivity index (χ3v) is 2.50. The first-order valence-electron chi connectivity index (χ1n) is 5.37. The van der Waals surface area contributed by atoms with Crippen molar-refractivity contribution in [1.29, 1.82) is 0 Å². The van der Waals surface area contributed by atoms with E-state index >= 15 is 0 Å². The van der Waals surface area contributed by atoms with Crippen LogP contribution in [-0.4, -0.2) is 28.1 Å². The van der Waals surface area contributed by atoms with Crippen LogP contribution < -0.4 is 0 Å². The molecule has 0 aromatic carbocycles. The maximum absolute atomic E-state index is 10.6. The van der Waals surface area contributed by atoms with Gasteiger partial charge < -0.3 is 9.52 Å². The minimum atomic E-state index is -0.763. The summed E-state index contributed by atoms with van der Waals surface area (Å²) in [5.74, 6) is -0.763. The second-order valence-electron chi connectivity index (χ2n) is 4.87. The van der Waals surface area contributed by atoms with Gasteiger partial charge >= 0.3 is 5.97 Å². The highest BCUT2D eigenvalue weighted by Crippen LogP contribution is 2.17. The van der Waals surface area contributed by atoms with Crippen LogP contribution in [0.2, 0.25) is 0 Å². The molecule has 0 saturated heterocycles. The van der Waals surface area contributed by atoms with Crippen LogP contribution in [0.1, 0.15) is 32.8 Å². The van der Waals surface area contributed by atoms with Crippen molar-refractivity contribution < 1.29 is 14.3 Å². The van der Waals surface area contributed by atoms with Crippen molar-refractivity contribution in [1.82, 2.24) is 4.90 Å². The van der Waals surface area contributed by atoms with E-state index in [0.29, 0.717) is 13.1 Å². The summed E-state index contributed by atoms with van der Waals surface area (Å²) in [6.45, 7) is 7.50. The molecule has 16 heavy (non-hydrogen) atoms. The molecule has 4 nitrogen and oxygen atoms in total. The van der Waals surface area contributed by atoms with Crippen LogP contribution in [0.3, 0.4) is 0 Å². The van der Waals surface area contributed by atoms with Crippen LogP contribution in [0.25, 0.3) is 0 Å². The standard InChI is InChI=1S/C12H19NO3/c1-12(2,3)13(6-4-11(14)15)8-10-5-7-16-9-10/h5,7,9H,4,6,8H2,1-3H3,(H,14,15). The van der Waals surface area contributed by atoms with Gasteiger partial charge in [0.15, 0.2) is 0 Å². The lowest BCUT2D eigenvalue weighted by Crippen LogP contribution is -2.41. The van der Waals surface area contributed by atoms with Crippen molar-refractivity contribution in [2.45, 2.75) is 39.3 Å². The summed E-state index contributed by atoms with van der Waals surface area (Å²) in [4.78, 5) is 12.7. The zero-order valence-electron chi connectivity index (χ0n) is 10.1. The highest BCUT2D eigenvalue weighted by atomic mass is 16.4. The Balaban J connectivity index is 2.61. The number of aliphatic carboxylic acids is 1. The maximum Gasteiger partial charge on any atom is 0.304 e. The normalized spacial score (nSPS) is 12.0. The van der Waals surface area contributed by atoms with Gasteiger partial charge in [-0.2, -0.15) is 0 Å². The number of carboxylic acids is 1. The van der Waals surface area contributed by atoms with Gasteiger partial charge in [0.25, 0.3) is 0 Å². The van der Waals surface area contributed by atoms with Crippen molar-refractivity contribution in [3.63, 3.8) is 0 Å². The van der Waals surface area contributed by atoms with Gasteiger partial charge in [-0.05, 0) is 26.8 Å². The second kappa shape index (κ2) is 5.16. The molecule has 0 radical (unpaired) electrons. The van der Waals surface area contributed by atoms with Crippen molar-refractivity contribution in [3.8, 4) is 0 Å². The Morgan fingerprint density at radius 2 is 2.19 bits per heavy atom. The van der Waals surface area contributed by atoms with E-state index in [2.05, 4.69) is 25.7 Å². The van der Waals surface area contributed by atoms with Gasteiger partial charge in [0.1, 0.15) is 0 Å². The predicted octanol–water partition coefficient (Wildman–Crippen LogP) is 2.35. The topological polar surface area (TPSA) is 53.7 Å². The second-order valence-corrected chi connectivity index (χ2v) is 4.87. The molecule has 1 aromatic rings. The van der Waals surface area contributed by atoms with Crippen LogP contribution in [0.5, 0.6) is 0 Å². The number of carbonyl (C=O) groups is 1. The number of furan rings is 1. The number of hydrogen-bond donors (Lipinski definition) is 1. The van der Waals surface area contributed by atoms with Crippen molar-refractivity contribution in [3.05, 3.63) is 24.2 Å². The van der Waals surface area contributed by atoms with Crippen LogP contribution in [0.4, 0.5) is 0 Å². The van der Waals surface area contributed by atoms with E-state index in [1.165, 1.54) is 0 Å². The van der Waals surface area contributed by atoms with Gasteiger partial charge in [-0.25, -0.2) is 0 Å². The summed E-state index contributed by atoms with van der Waals surface area (Å²) in [6, 6.07) is 1.90. The highest BCUT2D eigenvalue weighted by Gasteiger charge is 2.22.